The predicted octanol–water partition coefficient (Wildman–Crippen LogP) is 7.52. The molecule has 7 nitrogen and oxygen atoms in total. The average molecular weight is 588 g/mol. The van der Waals surface area contributed by atoms with Crippen LogP contribution < -0.4 is 5.32 Å². The first kappa shape index (κ1) is 29.3. The van der Waals surface area contributed by atoms with E-state index in [9.17, 15) is 4.39 Å². The number of hydrogen-bond donors (Lipinski definition) is 3. The third-order valence-electron chi connectivity index (χ3n) is 8.00. The molecule has 2 aromatic carbocycles. The summed E-state index contributed by atoms with van der Waals surface area (Å²) in [5.41, 5.74) is 10.2. The third kappa shape index (κ3) is 6.26. The van der Waals surface area contributed by atoms with Gasteiger partial charge in [-0.3, -0.25) is 15.1 Å². The highest BCUT2D eigenvalue weighted by Gasteiger charge is 2.16. The van der Waals surface area contributed by atoms with Crippen LogP contribution in [0.3, 0.4) is 0 Å². The van der Waals surface area contributed by atoms with Crippen molar-refractivity contribution in [2.45, 2.75) is 26.7 Å². The second-order valence-electron chi connectivity index (χ2n) is 12.0. The van der Waals surface area contributed by atoms with E-state index in [1.165, 1.54) is 0 Å². The number of nitrogens with zero attached hydrogens (tertiary/aromatic N) is 4. The Kier molecular flexibility index (Phi) is 8.26. The molecule has 44 heavy (non-hydrogen) atoms. The lowest BCUT2D eigenvalue weighted by molar-refractivity contribution is 0.400. The van der Waals surface area contributed by atoms with Gasteiger partial charge in [0.05, 0.1) is 35.2 Å². The molecule has 0 spiro atoms. The molecule has 0 aliphatic carbocycles. The molecule has 0 saturated carbocycles. The van der Waals surface area contributed by atoms with E-state index in [0.29, 0.717) is 12.5 Å². The fraction of sp³-hybridized carbons (Fsp3) is 0.250. The monoisotopic (exact) mass is 587 g/mol. The molecule has 8 heteroatoms. The van der Waals surface area contributed by atoms with E-state index in [4.69, 9.17) is 5.10 Å². The van der Waals surface area contributed by atoms with Gasteiger partial charge in [-0.05, 0) is 98.1 Å². The Morgan fingerprint density at radius 2 is 1.91 bits per heavy atom. The van der Waals surface area contributed by atoms with Gasteiger partial charge >= 0.3 is 0 Å². The number of rotatable bonds is 10. The fourth-order valence-electron chi connectivity index (χ4n) is 5.52. The van der Waals surface area contributed by atoms with E-state index < -0.39 is 0 Å². The zero-order chi connectivity index (χ0) is 30.8. The Morgan fingerprint density at radius 1 is 1.05 bits per heavy atom. The summed E-state index contributed by atoms with van der Waals surface area (Å²) in [5, 5.41) is 13.3. The zero-order valence-electron chi connectivity index (χ0n) is 25.7. The van der Waals surface area contributed by atoms with E-state index in [2.05, 4.69) is 107 Å². The second-order valence-corrected chi connectivity index (χ2v) is 12.0. The highest BCUT2D eigenvalue weighted by atomic mass is 19.1. The van der Waals surface area contributed by atoms with E-state index in [0.717, 1.165) is 91.8 Å². The first-order valence-corrected chi connectivity index (χ1v) is 15.0. The summed E-state index contributed by atoms with van der Waals surface area (Å²) >= 11 is 0. The average Bonchev–Trinajstić information content (AvgIpc) is 3.54. The van der Waals surface area contributed by atoms with Crippen LogP contribution in [0, 0.1) is 11.7 Å². The summed E-state index contributed by atoms with van der Waals surface area (Å²) in [6.07, 6.45) is 11.5. The van der Waals surface area contributed by atoms with Crippen LogP contribution in [-0.4, -0.2) is 58.5 Å². The number of aromatic amines is 2. The lowest BCUT2D eigenvalue weighted by Gasteiger charge is -2.13. The van der Waals surface area contributed by atoms with Crippen molar-refractivity contribution in [3.05, 3.63) is 102 Å². The van der Waals surface area contributed by atoms with Crippen LogP contribution in [0.2, 0.25) is 0 Å². The summed E-state index contributed by atoms with van der Waals surface area (Å²) in [4.78, 5) is 14.7. The number of halogens is 1. The Morgan fingerprint density at radius 3 is 2.73 bits per heavy atom. The molecule has 1 aliphatic heterocycles. The third-order valence-corrected chi connectivity index (χ3v) is 8.00. The molecule has 4 heterocycles. The first-order valence-electron chi connectivity index (χ1n) is 15.0. The van der Waals surface area contributed by atoms with Crippen LogP contribution >= 0.6 is 0 Å². The number of pyridine rings is 1. The van der Waals surface area contributed by atoms with Crippen molar-refractivity contribution in [1.82, 2.24) is 30.4 Å². The summed E-state index contributed by atoms with van der Waals surface area (Å²) in [5.74, 6) is 0.0768. The van der Waals surface area contributed by atoms with Gasteiger partial charge in [0.2, 0.25) is 0 Å². The van der Waals surface area contributed by atoms with Gasteiger partial charge in [0, 0.05) is 34.4 Å². The normalized spacial score (nSPS) is 13.5. The largest absolute Gasteiger partial charge is 0.358 e. The molecule has 1 aliphatic rings. The van der Waals surface area contributed by atoms with Gasteiger partial charge in [-0.1, -0.05) is 38.6 Å². The molecule has 0 fully saturated rings. The minimum atomic E-state index is -0.236. The second kappa shape index (κ2) is 12.4. The molecule has 0 bridgehead atoms. The number of aryl methyl sites for hydroxylation is 1. The summed E-state index contributed by atoms with van der Waals surface area (Å²) in [7, 11) is 4.10. The van der Waals surface area contributed by atoms with E-state index in [1.807, 2.05) is 12.4 Å². The number of aromatic nitrogens is 4. The maximum Gasteiger partial charge on any atom is 0.124 e. The molecule has 0 amide bonds. The smallest absolute Gasteiger partial charge is 0.124 e. The fourth-order valence-corrected chi connectivity index (χ4v) is 5.52. The van der Waals surface area contributed by atoms with Crippen LogP contribution in [0.5, 0.6) is 0 Å². The molecule has 6 rings (SSSR count). The van der Waals surface area contributed by atoms with Gasteiger partial charge in [-0.2, -0.15) is 5.10 Å². The van der Waals surface area contributed by atoms with Gasteiger partial charge < -0.3 is 15.2 Å². The maximum atomic E-state index is 14.8. The van der Waals surface area contributed by atoms with Gasteiger partial charge in [-0.25, -0.2) is 4.39 Å². The highest BCUT2D eigenvalue weighted by Crippen LogP contribution is 2.35. The van der Waals surface area contributed by atoms with Crippen LogP contribution in [0.15, 0.2) is 90.0 Å². The van der Waals surface area contributed by atoms with Gasteiger partial charge in [0.25, 0.3) is 0 Å². The van der Waals surface area contributed by atoms with Crippen molar-refractivity contribution in [3.8, 4) is 22.5 Å². The number of H-pyrrole nitrogens is 2. The van der Waals surface area contributed by atoms with Crippen molar-refractivity contribution in [2.75, 3.05) is 27.2 Å². The molecule has 0 saturated heterocycles. The van der Waals surface area contributed by atoms with Crippen molar-refractivity contribution in [3.63, 3.8) is 0 Å². The summed E-state index contributed by atoms with van der Waals surface area (Å²) in [6.45, 7) is 9.92. The van der Waals surface area contributed by atoms with Crippen LogP contribution in [0.4, 0.5) is 4.39 Å². The minimum absolute atomic E-state index is 0.236. The van der Waals surface area contributed by atoms with Crippen molar-refractivity contribution >= 4 is 33.6 Å². The molecule has 3 aromatic heterocycles. The summed E-state index contributed by atoms with van der Waals surface area (Å²) < 4.78 is 14.8. The molecule has 0 unspecified atom stereocenters. The molecule has 0 atom stereocenters. The van der Waals surface area contributed by atoms with Gasteiger partial charge in [0.15, 0.2) is 0 Å². The van der Waals surface area contributed by atoms with Crippen molar-refractivity contribution in [1.29, 1.82) is 0 Å². The Hall–Kier alpha value is -4.82. The molecular weight excluding hydrogens is 549 g/mol. The summed E-state index contributed by atoms with van der Waals surface area (Å²) in [6, 6.07) is 13.7. The minimum Gasteiger partial charge on any atom is -0.358 e. The van der Waals surface area contributed by atoms with Crippen molar-refractivity contribution in [2.24, 2.45) is 10.9 Å². The SMILES string of the molecule is C=C(NC1=CC(c2ccc3[nH]nc(-c4cc5c(-c6cc(F)cc(CCCN(C)C)c6)cncc5[nH]4)c3c2)=CCN=C1)C(C)C. The topological polar surface area (TPSA) is 85.0 Å². The Balaban J connectivity index is 1.35. The van der Waals surface area contributed by atoms with E-state index in [-0.39, 0.29) is 5.82 Å². The Bertz CT molecular complexity index is 1940. The van der Waals surface area contributed by atoms with Crippen molar-refractivity contribution < 1.29 is 4.39 Å². The molecule has 3 N–H and O–H groups in total. The first-order chi connectivity index (χ1) is 21.2. The number of allylic oxidation sites excluding steroid dienone is 4. The number of nitrogens with one attached hydrogen (secondary N) is 3. The maximum absolute atomic E-state index is 14.8. The molecule has 5 aromatic rings. The zero-order valence-corrected chi connectivity index (χ0v) is 25.7. The van der Waals surface area contributed by atoms with Crippen LogP contribution in [0.1, 0.15) is 31.4 Å². The number of hydrogen-bond acceptors (Lipinski definition) is 5. The molecule has 224 valence electrons. The lowest BCUT2D eigenvalue weighted by atomic mass is 9.99. The van der Waals surface area contributed by atoms with Crippen LogP contribution in [0.25, 0.3) is 49.9 Å². The lowest BCUT2D eigenvalue weighted by Crippen LogP contribution is -2.16. The number of fused-ring (bicyclic) bond motifs is 2. The Labute approximate surface area is 257 Å². The van der Waals surface area contributed by atoms with E-state index in [1.54, 1.807) is 18.3 Å². The number of benzene rings is 2. The van der Waals surface area contributed by atoms with Gasteiger partial charge in [0.1, 0.15) is 11.5 Å². The number of aliphatic imine (C=N–C) groups is 1. The van der Waals surface area contributed by atoms with E-state index >= 15 is 0 Å². The highest BCUT2D eigenvalue weighted by molar-refractivity contribution is 6.01. The molecular formula is C36H38FN7. The van der Waals surface area contributed by atoms with Gasteiger partial charge in [-0.15, -0.1) is 0 Å². The van der Waals surface area contributed by atoms with Crippen LogP contribution in [-0.2, 0) is 6.42 Å². The standard InChI is InChI=1S/C36H38FN7/c1-22(2)23(3)40-29-16-26(10-11-38-19-29)25-8-9-33-31(17-25)36(43-42-33)34-18-30-32(20-39-21-35(30)41-34)27-13-24(14-28(37)15-27)7-6-12-44(4)5/h8-10,13-22,40-41H,3,6-7,11-12H2,1-2,4-5H3,(H,42,43). The predicted molar refractivity (Wildman–Crippen MR) is 180 cm³/mol. The molecule has 0 radical (unpaired) electrons. The quantitative estimate of drug-likeness (QED) is 0.158.